The first-order chi connectivity index (χ1) is 9.61. The molecule has 0 bridgehead atoms. The van der Waals surface area contributed by atoms with E-state index in [9.17, 15) is 8.78 Å². The standard InChI is InChI=1S/C14H11F2N3S/c15-10-3-1-8(5-11(10)16)7-18-14-19-12-4-2-9(17)6-13(12)20-14/h1-6H,7,17H2,(H,18,19). The maximum absolute atomic E-state index is 13.1. The second-order valence-electron chi connectivity index (χ2n) is 4.35. The van der Waals surface area contributed by atoms with Crippen molar-refractivity contribution < 1.29 is 8.78 Å². The van der Waals surface area contributed by atoms with Crippen LogP contribution in [0, 0.1) is 11.6 Å². The third-order valence-electron chi connectivity index (χ3n) is 2.84. The van der Waals surface area contributed by atoms with Crippen molar-refractivity contribution in [2.24, 2.45) is 0 Å². The van der Waals surface area contributed by atoms with Gasteiger partial charge in [0.2, 0.25) is 0 Å². The van der Waals surface area contributed by atoms with Crippen LogP contribution in [-0.4, -0.2) is 4.98 Å². The molecule has 0 aliphatic heterocycles. The van der Waals surface area contributed by atoms with Crippen LogP contribution in [0.25, 0.3) is 10.2 Å². The molecule has 1 heterocycles. The van der Waals surface area contributed by atoms with Crippen LogP contribution in [-0.2, 0) is 6.54 Å². The molecule has 6 heteroatoms. The Balaban J connectivity index is 1.77. The SMILES string of the molecule is Nc1ccc2nc(NCc3ccc(F)c(F)c3)sc2c1. The number of halogens is 2. The van der Waals surface area contributed by atoms with E-state index in [4.69, 9.17) is 5.73 Å². The van der Waals surface area contributed by atoms with Gasteiger partial charge in [-0.25, -0.2) is 13.8 Å². The summed E-state index contributed by atoms with van der Waals surface area (Å²) in [5, 5.41) is 3.81. The molecule has 0 spiro atoms. The van der Waals surface area contributed by atoms with E-state index in [-0.39, 0.29) is 0 Å². The van der Waals surface area contributed by atoms with Crippen LogP contribution >= 0.6 is 11.3 Å². The van der Waals surface area contributed by atoms with Gasteiger partial charge in [-0.15, -0.1) is 0 Å². The average molecular weight is 291 g/mol. The Morgan fingerprint density at radius 1 is 1.10 bits per heavy atom. The monoisotopic (exact) mass is 291 g/mol. The zero-order valence-corrected chi connectivity index (χ0v) is 11.2. The largest absolute Gasteiger partial charge is 0.399 e. The molecule has 0 radical (unpaired) electrons. The number of aromatic nitrogens is 1. The first kappa shape index (κ1) is 12.8. The van der Waals surface area contributed by atoms with E-state index < -0.39 is 11.6 Å². The van der Waals surface area contributed by atoms with Crippen molar-refractivity contribution in [1.29, 1.82) is 0 Å². The van der Waals surface area contributed by atoms with Crippen LogP contribution in [0.1, 0.15) is 5.56 Å². The summed E-state index contributed by atoms with van der Waals surface area (Å²) >= 11 is 1.47. The number of rotatable bonds is 3. The molecule has 102 valence electrons. The molecule has 0 fully saturated rings. The molecule has 1 aromatic heterocycles. The van der Waals surface area contributed by atoms with Crippen LogP contribution in [0.4, 0.5) is 19.6 Å². The Bertz CT molecular complexity index is 770. The van der Waals surface area contributed by atoms with Crippen molar-refractivity contribution in [3.63, 3.8) is 0 Å². The lowest BCUT2D eigenvalue weighted by Gasteiger charge is -2.03. The Morgan fingerprint density at radius 3 is 2.75 bits per heavy atom. The molecule has 0 saturated heterocycles. The summed E-state index contributed by atoms with van der Waals surface area (Å²) in [5.41, 5.74) is 7.91. The van der Waals surface area contributed by atoms with E-state index in [1.807, 2.05) is 12.1 Å². The Morgan fingerprint density at radius 2 is 1.95 bits per heavy atom. The summed E-state index contributed by atoms with van der Waals surface area (Å²) in [6, 6.07) is 9.33. The van der Waals surface area contributed by atoms with Gasteiger partial charge in [0.15, 0.2) is 16.8 Å². The number of nitrogens with zero attached hydrogens (tertiary/aromatic N) is 1. The molecule has 3 rings (SSSR count). The Hall–Kier alpha value is -2.21. The minimum Gasteiger partial charge on any atom is -0.399 e. The van der Waals surface area contributed by atoms with Crippen LogP contribution in [0.2, 0.25) is 0 Å². The van der Waals surface area contributed by atoms with Gasteiger partial charge < -0.3 is 11.1 Å². The smallest absolute Gasteiger partial charge is 0.184 e. The molecule has 0 aliphatic rings. The van der Waals surface area contributed by atoms with Crippen LogP contribution in [0.5, 0.6) is 0 Å². The summed E-state index contributed by atoms with van der Waals surface area (Å²) in [5.74, 6) is -1.69. The average Bonchev–Trinajstić information content (AvgIpc) is 2.82. The number of nitrogens with one attached hydrogen (secondary N) is 1. The number of hydrogen-bond acceptors (Lipinski definition) is 4. The fraction of sp³-hybridized carbons (Fsp3) is 0.0714. The van der Waals surface area contributed by atoms with Gasteiger partial charge in [-0.1, -0.05) is 17.4 Å². The lowest BCUT2D eigenvalue weighted by Crippen LogP contribution is -1.99. The van der Waals surface area contributed by atoms with E-state index in [2.05, 4.69) is 10.3 Å². The maximum Gasteiger partial charge on any atom is 0.184 e. The zero-order chi connectivity index (χ0) is 14.1. The van der Waals surface area contributed by atoms with Crippen LogP contribution < -0.4 is 11.1 Å². The summed E-state index contributed by atoms with van der Waals surface area (Å²) in [7, 11) is 0. The Kier molecular flexibility index (Phi) is 3.23. The third-order valence-corrected chi connectivity index (χ3v) is 3.82. The van der Waals surface area contributed by atoms with Gasteiger partial charge in [-0.2, -0.15) is 0 Å². The quantitative estimate of drug-likeness (QED) is 0.722. The molecular weight excluding hydrogens is 280 g/mol. The second kappa shape index (κ2) is 5.05. The van der Waals surface area contributed by atoms with E-state index in [0.29, 0.717) is 17.8 Å². The van der Waals surface area contributed by atoms with Gasteiger partial charge in [0.25, 0.3) is 0 Å². The highest BCUT2D eigenvalue weighted by Gasteiger charge is 2.05. The normalized spacial score (nSPS) is 10.9. The lowest BCUT2D eigenvalue weighted by atomic mass is 10.2. The highest BCUT2D eigenvalue weighted by molar-refractivity contribution is 7.22. The van der Waals surface area contributed by atoms with Crippen molar-refractivity contribution in [2.75, 3.05) is 11.1 Å². The van der Waals surface area contributed by atoms with E-state index in [1.165, 1.54) is 23.5 Å². The van der Waals surface area contributed by atoms with E-state index >= 15 is 0 Å². The summed E-state index contributed by atoms with van der Waals surface area (Å²) in [4.78, 5) is 4.39. The molecule has 3 nitrogen and oxygen atoms in total. The topological polar surface area (TPSA) is 50.9 Å². The highest BCUT2D eigenvalue weighted by atomic mass is 32.1. The van der Waals surface area contributed by atoms with Crippen molar-refractivity contribution >= 4 is 32.4 Å². The summed E-state index contributed by atoms with van der Waals surface area (Å²) < 4.78 is 26.9. The molecule has 0 unspecified atom stereocenters. The molecule has 0 saturated carbocycles. The number of hydrogen-bond donors (Lipinski definition) is 2. The molecule has 3 aromatic rings. The molecule has 3 N–H and O–H groups in total. The number of fused-ring (bicyclic) bond motifs is 1. The number of nitrogens with two attached hydrogens (primary N) is 1. The van der Waals surface area contributed by atoms with Gasteiger partial charge in [-0.3, -0.25) is 0 Å². The van der Waals surface area contributed by atoms with Gasteiger partial charge >= 0.3 is 0 Å². The minimum atomic E-state index is -0.846. The number of nitrogen functional groups attached to an aromatic ring is 1. The molecule has 0 aliphatic carbocycles. The summed E-state index contributed by atoms with van der Waals surface area (Å²) in [6.07, 6.45) is 0. The Labute approximate surface area is 118 Å². The first-order valence-corrected chi connectivity index (χ1v) is 6.77. The number of thiazole rings is 1. The van der Waals surface area contributed by atoms with Crippen LogP contribution in [0.3, 0.4) is 0 Å². The predicted octanol–water partition coefficient (Wildman–Crippen LogP) is 3.77. The van der Waals surface area contributed by atoms with Crippen molar-refractivity contribution in [1.82, 2.24) is 4.98 Å². The fourth-order valence-corrected chi connectivity index (χ4v) is 2.75. The number of anilines is 2. The molecule has 2 aromatic carbocycles. The molecule has 0 amide bonds. The van der Waals surface area contributed by atoms with Crippen molar-refractivity contribution in [2.45, 2.75) is 6.54 Å². The van der Waals surface area contributed by atoms with Gasteiger partial charge in [0.05, 0.1) is 10.2 Å². The summed E-state index contributed by atoms with van der Waals surface area (Å²) in [6.45, 7) is 0.381. The van der Waals surface area contributed by atoms with E-state index in [0.717, 1.165) is 21.4 Å². The zero-order valence-electron chi connectivity index (χ0n) is 10.4. The van der Waals surface area contributed by atoms with Gasteiger partial charge in [0, 0.05) is 12.2 Å². The second-order valence-corrected chi connectivity index (χ2v) is 5.38. The van der Waals surface area contributed by atoms with Crippen molar-refractivity contribution in [3.05, 3.63) is 53.6 Å². The van der Waals surface area contributed by atoms with E-state index in [1.54, 1.807) is 6.07 Å². The first-order valence-electron chi connectivity index (χ1n) is 5.96. The third kappa shape index (κ3) is 2.55. The molecule has 0 atom stereocenters. The van der Waals surface area contributed by atoms with Crippen molar-refractivity contribution in [3.8, 4) is 0 Å². The molecule has 20 heavy (non-hydrogen) atoms. The highest BCUT2D eigenvalue weighted by Crippen LogP contribution is 2.27. The molecular formula is C14H11F2N3S. The number of benzene rings is 2. The van der Waals surface area contributed by atoms with Crippen LogP contribution in [0.15, 0.2) is 36.4 Å². The fourth-order valence-electron chi connectivity index (χ4n) is 1.84. The predicted molar refractivity (Wildman–Crippen MR) is 77.7 cm³/mol. The van der Waals surface area contributed by atoms with Gasteiger partial charge in [0.1, 0.15) is 0 Å². The lowest BCUT2D eigenvalue weighted by molar-refractivity contribution is 0.507. The minimum absolute atomic E-state index is 0.381. The van der Waals surface area contributed by atoms with Gasteiger partial charge in [-0.05, 0) is 35.9 Å². The maximum atomic E-state index is 13.1.